The van der Waals surface area contributed by atoms with Crippen LogP contribution in [-0.4, -0.2) is 48.2 Å². The average molecular weight is 429 g/mol. The number of hydrogen-bond acceptors (Lipinski definition) is 5. The molecule has 7 nitrogen and oxygen atoms in total. The molecule has 8 heteroatoms. The molecule has 1 saturated carbocycles. The van der Waals surface area contributed by atoms with Crippen molar-refractivity contribution in [3.63, 3.8) is 0 Å². The second kappa shape index (κ2) is 9.98. The molecule has 0 amide bonds. The number of aromatic nitrogens is 2. The highest BCUT2D eigenvalue weighted by molar-refractivity contribution is 6.32. The zero-order valence-electron chi connectivity index (χ0n) is 17.4. The Balaban J connectivity index is 1.31. The SMILES string of the molecule is CN=C(NCc1cccnc1OC1CCCC1)NC1CCN(c2ncccc2Cl)C1. The summed E-state index contributed by atoms with van der Waals surface area (Å²) in [4.78, 5) is 15.5. The molecule has 2 aromatic heterocycles. The number of rotatable bonds is 6. The lowest BCUT2D eigenvalue weighted by atomic mass is 10.2. The average Bonchev–Trinajstić information content (AvgIpc) is 3.44. The minimum atomic E-state index is 0.275. The van der Waals surface area contributed by atoms with Crippen LogP contribution in [0, 0.1) is 0 Å². The molecule has 3 heterocycles. The molecule has 0 radical (unpaired) electrons. The maximum atomic E-state index is 6.30. The molecule has 1 aliphatic carbocycles. The third kappa shape index (κ3) is 5.14. The van der Waals surface area contributed by atoms with E-state index in [2.05, 4.69) is 36.6 Å². The highest BCUT2D eigenvalue weighted by atomic mass is 35.5. The van der Waals surface area contributed by atoms with Gasteiger partial charge in [-0.3, -0.25) is 4.99 Å². The lowest BCUT2D eigenvalue weighted by Crippen LogP contribution is -2.44. The highest BCUT2D eigenvalue weighted by Crippen LogP contribution is 2.26. The third-order valence-electron chi connectivity index (χ3n) is 5.67. The lowest BCUT2D eigenvalue weighted by molar-refractivity contribution is 0.199. The maximum Gasteiger partial charge on any atom is 0.218 e. The fourth-order valence-corrected chi connectivity index (χ4v) is 4.32. The van der Waals surface area contributed by atoms with Crippen molar-refractivity contribution < 1.29 is 4.74 Å². The summed E-state index contributed by atoms with van der Waals surface area (Å²) in [5.41, 5.74) is 1.04. The van der Waals surface area contributed by atoms with Gasteiger partial charge in [-0.25, -0.2) is 9.97 Å². The number of pyridine rings is 2. The molecule has 4 rings (SSSR count). The molecule has 1 aliphatic heterocycles. The Hall–Kier alpha value is -2.54. The van der Waals surface area contributed by atoms with Crippen molar-refractivity contribution in [1.82, 2.24) is 20.6 Å². The molecule has 2 aliphatic rings. The van der Waals surface area contributed by atoms with Crippen LogP contribution >= 0.6 is 11.6 Å². The highest BCUT2D eigenvalue weighted by Gasteiger charge is 2.25. The lowest BCUT2D eigenvalue weighted by Gasteiger charge is -2.21. The van der Waals surface area contributed by atoms with E-state index in [1.54, 1.807) is 19.4 Å². The molecule has 1 saturated heterocycles. The van der Waals surface area contributed by atoms with E-state index in [9.17, 15) is 0 Å². The number of aliphatic imine (C=N–C) groups is 1. The van der Waals surface area contributed by atoms with E-state index in [4.69, 9.17) is 16.3 Å². The van der Waals surface area contributed by atoms with E-state index in [1.807, 2.05) is 18.2 Å². The van der Waals surface area contributed by atoms with E-state index >= 15 is 0 Å². The number of halogens is 1. The largest absolute Gasteiger partial charge is 0.474 e. The number of hydrogen-bond donors (Lipinski definition) is 2. The van der Waals surface area contributed by atoms with Gasteiger partial charge in [-0.1, -0.05) is 17.7 Å². The molecule has 0 spiro atoms. The summed E-state index contributed by atoms with van der Waals surface area (Å²) in [5, 5.41) is 7.60. The summed E-state index contributed by atoms with van der Waals surface area (Å²) in [6.07, 6.45) is 9.57. The molecule has 30 heavy (non-hydrogen) atoms. The molecule has 160 valence electrons. The van der Waals surface area contributed by atoms with Gasteiger partial charge < -0.3 is 20.3 Å². The predicted molar refractivity (Wildman–Crippen MR) is 120 cm³/mol. The molecule has 1 atom stereocenters. The standard InChI is InChI=1S/C22H29ClN6O/c1-24-22(28-17-10-13-29(15-17)20-19(23)9-5-11-25-20)27-14-16-6-4-12-26-21(16)30-18-7-2-3-8-18/h4-6,9,11-12,17-18H,2-3,7-8,10,13-15H2,1H3,(H2,24,27,28). The normalized spacial score (nSPS) is 19.9. The summed E-state index contributed by atoms with van der Waals surface area (Å²) in [7, 11) is 1.79. The summed E-state index contributed by atoms with van der Waals surface area (Å²) in [6.45, 7) is 2.35. The fourth-order valence-electron chi connectivity index (χ4n) is 4.08. The second-order valence-corrected chi connectivity index (χ2v) is 8.21. The van der Waals surface area contributed by atoms with Crippen molar-refractivity contribution in [3.05, 3.63) is 47.2 Å². The van der Waals surface area contributed by atoms with Crippen LogP contribution in [0.4, 0.5) is 5.82 Å². The van der Waals surface area contributed by atoms with Crippen LogP contribution in [0.1, 0.15) is 37.7 Å². The molecule has 2 N–H and O–H groups in total. The number of ether oxygens (including phenoxy) is 1. The molecule has 2 aromatic rings. The molecular weight excluding hydrogens is 400 g/mol. The van der Waals surface area contributed by atoms with Gasteiger partial charge in [0.15, 0.2) is 5.96 Å². The van der Waals surface area contributed by atoms with Gasteiger partial charge in [0.05, 0.1) is 5.02 Å². The first-order valence-electron chi connectivity index (χ1n) is 10.7. The van der Waals surface area contributed by atoms with Gasteiger partial charge in [0.2, 0.25) is 5.88 Å². The number of nitrogens with zero attached hydrogens (tertiary/aromatic N) is 4. The van der Waals surface area contributed by atoms with Crippen LogP contribution in [-0.2, 0) is 6.54 Å². The van der Waals surface area contributed by atoms with Gasteiger partial charge in [-0.2, -0.15) is 0 Å². The van der Waals surface area contributed by atoms with Crippen molar-refractivity contribution in [2.45, 2.75) is 50.8 Å². The fraction of sp³-hybridized carbons (Fsp3) is 0.500. The van der Waals surface area contributed by atoms with Gasteiger partial charge >= 0.3 is 0 Å². The van der Waals surface area contributed by atoms with Gasteiger partial charge in [0.1, 0.15) is 11.9 Å². The zero-order valence-corrected chi connectivity index (χ0v) is 18.1. The molecule has 0 aromatic carbocycles. The number of anilines is 1. The van der Waals surface area contributed by atoms with E-state index in [0.717, 1.165) is 55.6 Å². The van der Waals surface area contributed by atoms with Crippen molar-refractivity contribution in [2.24, 2.45) is 4.99 Å². The van der Waals surface area contributed by atoms with Crippen LogP contribution in [0.5, 0.6) is 5.88 Å². The Morgan fingerprint density at radius 3 is 2.80 bits per heavy atom. The Morgan fingerprint density at radius 1 is 1.20 bits per heavy atom. The van der Waals surface area contributed by atoms with Crippen LogP contribution in [0.2, 0.25) is 5.02 Å². The van der Waals surface area contributed by atoms with E-state index in [0.29, 0.717) is 17.7 Å². The third-order valence-corrected chi connectivity index (χ3v) is 5.96. The number of nitrogens with one attached hydrogen (secondary N) is 2. The Bertz CT molecular complexity index is 870. The molecular formula is C22H29ClN6O. The summed E-state index contributed by atoms with van der Waals surface area (Å²) in [6, 6.07) is 8.01. The quantitative estimate of drug-likeness (QED) is 0.542. The van der Waals surface area contributed by atoms with E-state index < -0.39 is 0 Å². The summed E-state index contributed by atoms with van der Waals surface area (Å²) < 4.78 is 6.14. The van der Waals surface area contributed by atoms with Crippen LogP contribution < -0.4 is 20.3 Å². The summed E-state index contributed by atoms with van der Waals surface area (Å²) >= 11 is 6.30. The first-order valence-corrected chi connectivity index (χ1v) is 11.0. The van der Waals surface area contributed by atoms with Crippen LogP contribution in [0.25, 0.3) is 0 Å². The van der Waals surface area contributed by atoms with E-state index in [1.165, 1.54) is 12.8 Å². The van der Waals surface area contributed by atoms with Crippen molar-refractivity contribution in [1.29, 1.82) is 0 Å². The Labute approximate surface area is 182 Å². The molecule has 1 unspecified atom stereocenters. The monoisotopic (exact) mass is 428 g/mol. The number of guanidine groups is 1. The van der Waals surface area contributed by atoms with E-state index in [-0.39, 0.29) is 6.04 Å². The van der Waals surface area contributed by atoms with Crippen LogP contribution in [0.15, 0.2) is 41.7 Å². The predicted octanol–water partition coefficient (Wildman–Crippen LogP) is 3.40. The second-order valence-electron chi connectivity index (χ2n) is 7.80. The van der Waals surface area contributed by atoms with Crippen molar-refractivity contribution >= 4 is 23.4 Å². The minimum absolute atomic E-state index is 0.275. The minimum Gasteiger partial charge on any atom is -0.474 e. The smallest absolute Gasteiger partial charge is 0.218 e. The van der Waals surface area contributed by atoms with Gasteiger partial charge in [0, 0.05) is 50.7 Å². The van der Waals surface area contributed by atoms with Crippen molar-refractivity contribution in [2.75, 3.05) is 25.0 Å². The van der Waals surface area contributed by atoms with Gasteiger partial charge in [-0.15, -0.1) is 0 Å². The first kappa shape index (κ1) is 20.7. The maximum absolute atomic E-state index is 6.30. The molecule has 2 fully saturated rings. The topological polar surface area (TPSA) is 74.7 Å². The zero-order chi connectivity index (χ0) is 20.8. The first-order chi connectivity index (χ1) is 14.7. The van der Waals surface area contributed by atoms with Gasteiger partial charge in [-0.05, 0) is 50.3 Å². The summed E-state index contributed by atoms with van der Waals surface area (Å²) in [5.74, 6) is 2.34. The van der Waals surface area contributed by atoms with Crippen molar-refractivity contribution in [3.8, 4) is 5.88 Å². The Morgan fingerprint density at radius 2 is 2.00 bits per heavy atom. The Kier molecular flexibility index (Phi) is 6.89. The van der Waals surface area contributed by atoms with Crippen LogP contribution in [0.3, 0.4) is 0 Å². The van der Waals surface area contributed by atoms with Gasteiger partial charge in [0.25, 0.3) is 0 Å². The molecule has 0 bridgehead atoms.